The summed E-state index contributed by atoms with van der Waals surface area (Å²) in [6.45, 7) is 6.10. The molecule has 0 spiro atoms. The van der Waals surface area contributed by atoms with Gasteiger partial charge in [0.15, 0.2) is 0 Å². The van der Waals surface area contributed by atoms with Crippen LogP contribution in [-0.4, -0.2) is 23.0 Å². The minimum atomic E-state index is -0.439. The smallest absolute Gasteiger partial charge is 0.342 e. The minimum absolute atomic E-state index is 0.311. The summed E-state index contributed by atoms with van der Waals surface area (Å²) in [6, 6.07) is 0. The fourth-order valence-electron chi connectivity index (χ4n) is 1.56. The van der Waals surface area contributed by atoms with Crippen LogP contribution in [0.5, 0.6) is 0 Å². The van der Waals surface area contributed by atoms with Gasteiger partial charge in [0, 0.05) is 12.1 Å². The monoisotopic (exact) mass is 254 g/mol. The van der Waals surface area contributed by atoms with Gasteiger partial charge < -0.3 is 9.72 Å². The van der Waals surface area contributed by atoms with Crippen LogP contribution >= 0.6 is 12.2 Å². The molecule has 1 aromatic heterocycles. The first kappa shape index (κ1) is 13.8. The van der Waals surface area contributed by atoms with Gasteiger partial charge in [-0.1, -0.05) is 32.5 Å². The molecular weight excluding hydrogens is 236 g/mol. The zero-order chi connectivity index (χ0) is 13.0. The maximum atomic E-state index is 11.5. The lowest BCUT2D eigenvalue weighted by Gasteiger charge is -2.10. The number of carbonyl (C=O) groups is 1. The highest BCUT2D eigenvalue weighted by molar-refractivity contribution is 7.71. The van der Waals surface area contributed by atoms with Crippen molar-refractivity contribution < 1.29 is 9.53 Å². The van der Waals surface area contributed by atoms with Crippen LogP contribution in [0.2, 0.25) is 0 Å². The van der Waals surface area contributed by atoms with E-state index in [0.717, 1.165) is 24.4 Å². The Balaban J connectivity index is 3.10. The fraction of sp³-hybridized carbons (Fsp3) is 0.583. The molecule has 0 saturated heterocycles. The maximum Gasteiger partial charge on any atom is 0.342 e. The third kappa shape index (κ3) is 3.36. The first-order valence-electron chi connectivity index (χ1n) is 5.67. The third-order valence-electron chi connectivity index (χ3n) is 2.79. The molecule has 17 heavy (non-hydrogen) atoms. The van der Waals surface area contributed by atoms with E-state index in [1.807, 2.05) is 6.92 Å². The number of hydrogen-bond donors (Lipinski definition) is 1. The number of H-pyrrole nitrogens is 1. The molecule has 0 bridgehead atoms. The number of aryl methyl sites for hydroxylation is 1. The molecule has 94 valence electrons. The summed E-state index contributed by atoms with van der Waals surface area (Å²) in [5.74, 6) is 0.928. The van der Waals surface area contributed by atoms with E-state index in [4.69, 9.17) is 12.2 Å². The maximum absolute atomic E-state index is 11.5. The second kappa shape index (κ2) is 5.91. The molecule has 1 N–H and O–H groups in total. The van der Waals surface area contributed by atoms with Crippen molar-refractivity contribution in [3.63, 3.8) is 0 Å². The van der Waals surface area contributed by atoms with Gasteiger partial charge in [0.05, 0.1) is 7.11 Å². The first-order chi connectivity index (χ1) is 7.99. The van der Waals surface area contributed by atoms with Gasteiger partial charge >= 0.3 is 5.97 Å². The van der Waals surface area contributed by atoms with E-state index < -0.39 is 5.97 Å². The molecule has 0 amide bonds. The van der Waals surface area contributed by atoms with E-state index in [2.05, 4.69) is 28.6 Å². The standard InChI is InChI=1S/C12H18N2O2S/c1-5-7(2)6-9-13-8(3)10(11(17)14-9)12(15)16-4/h7H,5-6H2,1-4H3,(H,13,14,17). The number of nitrogens with zero attached hydrogens (tertiary/aromatic N) is 1. The highest BCUT2D eigenvalue weighted by Gasteiger charge is 2.14. The molecule has 1 unspecified atom stereocenters. The van der Waals surface area contributed by atoms with Gasteiger partial charge in [0.2, 0.25) is 0 Å². The van der Waals surface area contributed by atoms with Crippen LogP contribution in [0.25, 0.3) is 0 Å². The van der Waals surface area contributed by atoms with Gasteiger partial charge in [-0.05, 0) is 12.8 Å². The Kier molecular flexibility index (Phi) is 4.81. The number of aromatic amines is 1. The van der Waals surface area contributed by atoms with Crippen LogP contribution in [-0.2, 0) is 11.2 Å². The molecule has 0 aliphatic carbocycles. The number of esters is 1. The largest absolute Gasteiger partial charge is 0.465 e. The van der Waals surface area contributed by atoms with Crippen molar-refractivity contribution in [1.29, 1.82) is 0 Å². The third-order valence-corrected chi connectivity index (χ3v) is 3.08. The van der Waals surface area contributed by atoms with Gasteiger partial charge in [-0.15, -0.1) is 0 Å². The Labute approximate surface area is 106 Å². The highest BCUT2D eigenvalue weighted by atomic mass is 32.1. The number of hydrogen-bond acceptors (Lipinski definition) is 4. The van der Waals surface area contributed by atoms with Crippen LogP contribution in [0.4, 0.5) is 0 Å². The minimum Gasteiger partial charge on any atom is -0.465 e. The summed E-state index contributed by atoms with van der Waals surface area (Å²) in [5.41, 5.74) is 1.07. The Morgan fingerprint density at radius 2 is 2.24 bits per heavy atom. The summed E-state index contributed by atoms with van der Waals surface area (Å²) >= 11 is 5.13. The Morgan fingerprint density at radius 3 is 2.71 bits per heavy atom. The summed E-state index contributed by atoms with van der Waals surface area (Å²) in [4.78, 5) is 18.9. The molecule has 0 radical (unpaired) electrons. The normalized spacial score (nSPS) is 12.2. The second-order valence-corrected chi connectivity index (χ2v) is 4.58. The van der Waals surface area contributed by atoms with Gasteiger partial charge in [0.25, 0.3) is 0 Å². The van der Waals surface area contributed by atoms with E-state index in [-0.39, 0.29) is 0 Å². The Hall–Kier alpha value is -1.23. The summed E-state index contributed by atoms with van der Waals surface area (Å²) in [5, 5.41) is 0. The topological polar surface area (TPSA) is 55.0 Å². The van der Waals surface area contributed by atoms with E-state index >= 15 is 0 Å². The predicted octanol–water partition coefficient (Wildman–Crippen LogP) is 2.82. The average Bonchev–Trinajstić information content (AvgIpc) is 2.27. The van der Waals surface area contributed by atoms with Crippen LogP contribution in [0.3, 0.4) is 0 Å². The van der Waals surface area contributed by atoms with Crippen molar-refractivity contribution >= 4 is 18.2 Å². The first-order valence-corrected chi connectivity index (χ1v) is 6.08. The molecule has 0 saturated carbocycles. The van der Waals surface area contributed by atoms with Crippen molar-refractivity contribution in [2.24, 2.45) is 5.92 Å². The van der Waals surface area contributed by atoms with Gasteiger partial charge in [-0.25, -0.2) is 9.78 Å². The lowest BCUT2D eigenvalue weighted by molar-refractivity contribution is 0.0598. The average molecular weight is 254 g/mol. The molecule has 1 heterocycles. The quantitative estimate of drug-likeness (QED) is 0.663. The molecular formula is C12H18N2O2S. The molecule has 0 aliphatic heterocycles. The van der Waals surface area contributed by atoms with Gasteiger partial charge in [0.1, 0.15) is 16.0 Å². The molecule has 0 aliphatic rings. The van der Waals surface area contributed by atoms with Crippen molar-refractivity contribution in [3.05, 3.63) is 21.7 Å². The van der Waals surface area contributed by atoms with Crippen LogP contribution < -0.4 is 0 Å². The molecule has 0 aromatic carbocycles. The second-order valence-electron chi connectivity index (χ2n) is 4.20. The Bertz CT molecular complexity index is 468. The van der Waals surface area contributed by atoms with Crippen molar-refractivity contribution in [2.45, 2.75) is 33.6 Å². The molecule has 0 fully saturated rings. The number of nitrogens with one attached hydrogen (secondary N) is 1. The number of ether oxygens (including phenoxy) is 1. The summed E-state index contributed by atoms with van der Waals surface area (Å²) < 4.78 is 4.99. The van der Waals surface area contributed by atoms with Crippen molar-refractivity contribution in [1.82, 2.24) is 9.97 Å². The zero-order valence-corrected chi connectivity index (χ0v) is 11.5. The highest BCUT2D eigenvalue weighted by Crippen LogP contribution is 2.12. The van der Waals surface area contributed by atoms with Gasteiger partial charge in [-0.3, -0.25) is 0 Å². The van der Waals surface area contributed by atoms with Crippen molar-refractivity contribution in [2.75, 3.05) is 7.11 Å². The lowest BCUT2D eigenvalue weighted by Crippen LogP contribution is -2.11. The molecule has 4 nitrogen and oxygen atoms in total. The summed E-state index contributed by atoms with van der Waals surface area (Å²) in [6.07, 6.45) is 1.92. The number of carbonyl (C=O) groups excluding carboxylic acids is 1. The van der Waals surface area contributed by atoms with Crippen molar-refractivity contribution in [3.8, 4) is 0 Å². The van der Waals surface area contributed by atoms with Crippen LogP contribution in [0, 0.1) is 17.5 Å². The molecule has 1 rings (SSSR count). The van der Waals surface area contributed by atoms with E-state index in [1.165, 1.54) is 7.11 Å². The lowest BCUT2D eigenvalue weighted by atomic mass is 10.0. The SMILES string of the molecule is CCC(C)Cc1nc(=S)c(C(=O)OC)c(C)[nH]1. The number of aromatic nitrogens is 2. The summed E-state index contributed by atoms with van der Waals surface area (Å²) in [7, 11) is 1.34. The van der Waals surface area contributed by atoms with E-state index in [1.54, 1.807) is 0 Å². The predicted molar refractivity (Wildman–Crippen MR) is 68.7 cm³/mol. The van der Waals surface area contributed by atoms with Crippen LogP contribution in [0.1, 0.15) is 42.1 Å². The molecule has 1 aromatic rings. The number of rotatable bonds is 4. The zero-order valence-electron chi connectivity index (χ0n) is 10.7. The van der Waals surface area contributed by atoms with E-state index in [0.29, 0.717) is 16.1 Å². The molecule has 5 heteroatoms. The van der Waals surface area contributed by atoms with E-state index in [9.17, 15) is 4.79 Å². The number of methoxy groups -OCH3 is 1. The Morgan fingerprint density at radius 1 is 1.59 bits per heavy atom. The fourth-order valence-corrected chi connectivity index (χ4v) is 1.91. The van der Waals surface area contributed by atoms with Gasteiger partial charge in [-0.2, -0.15) is 0 Å². The van der Waals surface area contributed by atoms with Crippen LogP contribution in [0.15, 0.2) is 0 Å². The molecule has 1 atom stereocenters.